The Bertz CT molecular complexity index is 1730. The molecular formula is C31H31N5O4. The van der Waals surface area contributed by atoms with Crippen LogP contribution in [-0.4, -0.2) is 54.0 Å². The van der Waals surface area contributed by atoms with Gasteiger partial charge in [-0.15, -0.1) is 0 Å². The Morgan fingerprint density at radius 2 is 1.75 bits per heavy atom. The molecule has 0 radical (unpaired) electrons. The zero-order chi connectivity index (χ0) is 27.8. The number of benzene rings is 3. The summed E-state index contributed by atoms with van der Waals surface area (Å²) in [5, 5.41) is 9.97. The third kappa shape index (κ3) is 4.75. The van der Waals surface area contributed by atoms with Crippen LogP contribution in [-0.2, 0) is 0 Å². The number of hydrogen-bond donors (Lipinski definition) is 1. The predicted octanol–water partition coefficient (Wildman–Crippen LogP) is 5.55. The van der Waals surface area contributed by atoms with Gasteiger partial charge in [0.05, 0.1) is 43.0 Å². The average Bonchev–Trinajstić information content (AvgIpc) is 3.55. The number of anilines is 1. The number of fused-ring (bicyclic) bond motifs is 2. The molecule has 1 saturated heterocycles. The van der Waals surface area contributed by atoms with Crippen LogP contribution in [0.5, 0.6) is 17.2 Å². The summed E-state index contributed by atoms with van der Waals surface area (Å²) < 4.78 is 18.4. The molecule has 3 aromatic carbocycles. The predicted molar refractivity (Wildman–Crippen MR) is 155 cm³/mol. The van der Waals surface area contributed by atoms with E-state index in [1.165, 1.54) is 0 Å². The van der Waals surface area contributed by atoms with E-state index < -0.39 is 6.09 Å². The Hall–Kier alpha value is -4.79. The zero-order valence-electron chi connectivity index (χ0n) is 23.0. The van der Waals surface area contributed by atoms with Gasteiger partial charge in [0, 0.05) is 18.7 Å². The summed E-state index contributed by atoms with van der Waals surface area (Å²) >= 11 is 0. The van der Waals surface area contributed by atoms with E-state index in [4.69, 9.17) is 24.3 Å². The Morgan fingerprint density at radius 1 is 0.950 bits per heavy atom. The number of nitrogens with one attached hydrogen (secondary N) is 1. The largest absolute Gasteiger partial charge is 0.493 e. The van der Waals surface area contributed by atoms with Crippen LogP contribution in [0.4, 0.5) is 10.5 Å². The normalized spacial score (nSPS) is 15.0. The van der Waals surface area contributed by atoms with Gasteiger partial charge in [-0.05, 0) is 67.4 Å². The number of amides is 1. The Labute approximate surface area is 232 Å². The van der Waals surface area contributed by atoms with Crippen LogP contribution >= 0.6 is 0 Å². The van der Waals surface area contributed by atoms with Crippen LogP contribution in [0.25, 0.3) is 27.7 Å². The first-order chi connectivity index (χ1) is 19.4. The smallest absolute Gasteiger partial charge is 0.412 e. The number of nitrogens with zero attached hydrogens (tertiary/aromatic N) is 4. The molecule has 0 aliphatic carbocycles. The van der Waals surface area contributed by atoms with E-state index in [1.807, 2.05) is 79.0 Å². The first kappa shape index (κ1) is 25.5. The molecule has 1 atom stereocenters. The van der Waals surface area contributed by atoms with Gasteiger partial charge in [-0.3, -0.25) is 0 Å². The van der Waals surface area contributed by atoms with Gasteiger partial charge in [0.1, 0.15) is 5.75 Å². The van der Waals surface area contributed by atoms with Gasteiger partial charge in [-0.1, -0.05) is 30.3 Å². The summed E-state index contributed by atoms with van der Waals surface area (Å²) in [7, 11) is 3.24. The fourth-order valence-electron chi connectivity index (χ4n) is 5.41. The van der Waals surface area contributed by atoms with Gasteiger partial charge in [-0.2, -0.15) is 5.10 Å². The number of rotatable bonds is 6. The van der Waals surface area contributed by atoms with Gasteiger partial charge in [0.25, 0.3) is 0 Å². The maximum Gasteiger partial charge on any atom is 0.412 e. The molecule has 1 aliphatic rings. The Morgan fingerprint density at radius 3 is 2.55 bits per heavy atom. The van der Waals surface area contributed by atoms with Gasteiger partial charge in [-0.25, -0.2) is 14.3 Å². The summed E-state index contributed by atoms with van der Waals surface area (Å²) in [4.78, 5) is 19.9. The van der Waals surface area contributed by atoms with Crippen molar-refractivity contribution in [1.82, 2.24) is 19.9 Å². The second kappa shape index (κ2) is 10.4. The van der Waals surface area contributed by atoms with Crippen molar-refractivity contribution in [2.24, 2.45) is 0 Å². The SMILES string of the molecule is COc1ccc(-c2c(C)nc3c(N4CCC(NC(=O)Oc5ccc6ccccc6c5)C4)cc(C)nn23)cc1OC. The molecule has 1 N–H and O–H groups in total. The second-order valence-electron chi connectivity index (χ2n) is 10.00. The molecule has 2 aromatic heterocycles. The molecular weight excluding hydrogens is 506 g/mol. The molecule has 1 amide bonds. The highest BCUT2D eigenvalue weighted by atomic mass is 16.6. The molecule has 5 aromatic rings. The van der Waals surface area contributed by atoms with Crippen LogP contribution in [0, 0.1) is 13.8 Å². The van der Waals surface area contributed by atoms with E-state index in [0.717, 1.165) is 57.7 Å². The van der Waals surface area contributed by atoms with Crippen LogP contribution in [0.3, 0.4) is 0 Å². The Balaban J connectivity index is 1.22. The number of carbonyl (C=O) groups is 1. The van der Waals surface area contributed by atoms with E-state index in [0.29, 0.717) is 23.8 Å². The monoisotopic (exact) mass is 537 g/mol. The van der Waals surface area contributed by atoms with Crippen molar-refractivity contribution >= 4 is 28.2 Å². The maximum absolute atomic E-state index is 12.7. The van der Waals surface area contributed by atoms with Crippen molar-refractivity contribution in [3.05, 3.63) is 78.1 Å². The van der Waals surface area contributed by atoms with Crippen molar-refractivity contribution in [2.45, 2.75) is 26.3 Å². The van der Waals surface area contributed by atoms with Gasteiger partial charge < -0.3 is 24.4 Å². The van der Waals surface area contributed by atoms with Crippen LogP contribution in [0.2, 0.25) is 0 Å². The molecule has 9 heteroatoms. The zero-order valence-corrected chi connectivity index (χ0v) is 23.0. The van der Waals surface area contributed by atoms with Gasteiger partial charge in [0.15, 0.2) is 17.1 Å². The lowest BCUT2D eigenvalue weighted by Crippen LogP contribution is -2.38. The summed E-state index contributed by atoms with van der Waals surface area (Å²) in [5.41, 5.74) is 5.31. The molecule has 9 nitrogen and oxygen atoms in total. The first-order valence-electron chi connectivity index (χ1n) is 13.2. The van der Waals surface area contributed by atoms with Crippen LogP contribution < -0.4 is 24.4 Å². The average molecular weight is 538 g/mol. The molecule has 6 rings (SSSR count). The topological polar surface area (TPSA) is 90.2 Å². The molecule has 1 unspecified atom stereocenters. The van der Waals surface area contributed by atoms with Crippen molar-refractivity contribution in [3.63, 3.8) is 0 Å². The molecule has 0 spiro atoms. The molecule has 204 valence electrons. The third-order valence-electron chi connectivity index (χ3n) is 7.30. The minimum Gasteiger partial charge on any atom is -0.493 e. The number of methoxy groups -OCH3 is 2. The van der Waals surface area contributed by atoms with Crippen LogP contribution in [0.15, 0.2) is 66.7 Å². The number of aryl methyl sites for hydroxylation is 2. The standard InChI is InChI=1S/C31H31N5O4/c1-19-15-26(30-32-20(2)29(36(30)34-19)23-10-12-27(38-3)28(17-23)39-4)35-14-13-24(18-35)33-31(37)40-25-11-9-21-7-5-6-8-22(21)16-25/h5-12,15-17,24H,13-14,18H2,1-4H3,(H,33,37). The summed E-state index contributed by atoms with van der Waals surface area (Å²) in [6.45, 7) is 5.38. The molecule has 0 saturated carbocycles. The molecule has 1 fully saturated rings. The first-order valence-corrected chi connectivity index (χ1v) is 13.2. The van der Waals surface area contributed by atoms with Gasteiger partial charge in [0.2, 0.25) is 0 Å². The van der Waals surface area contributed by atoms with Crippen molar-refractivity contribution in [2.75, 3.05) is 32.2 Å². The lowest BCUT2D eigenvalue weighted by molar-refractivity contribution is 0.197. The van der Waals surface area contributed by atoms with E-state index >= 15 is 0 Å². The molecule has 0 bridgehead atoms. The number of ether oxygens (including phenoxy) is 3. The molecule has 40 heavy (non-hydrogen) atoms. The quantitative estimate of drug-likeness (QED) is 0.304. The number of carbonyl (C=O) groups excluding carboxylic acids is 1. The minimum absolute atomic E-state index is 0.0529. The highest BCUT2D eigenvalue weighted by Crippen LogP contribution is 2.36. The minimum atomic E-state index is -0.453. The maximum atomic E-state index is 12.7. The van der Waals surface area contributed by atoms with E-state index in [9.17, 15) is 4.79 Å². The number of imidazole rings is 1. The summed E-state index contributed by atoms with van der Waals surface area (Å²) in [5.74, 6) is 1.83. The summed E-state index contributed by atoms with van der Waals surface area (Å²) in [6, 6.07) is 21.4. The van der Waals surface area contributed by atoms with Crippen LogP contribution in [0.1, 0.15) is 17.8 Å². The lowest BCUT2D eigenvalue weighted by atomic mass is 10.1. The Kier molecular flexibility index (Phi) is 6.63. The van der Waals surface area contributed by atoms with Crippen molar-refractivity contribution in [3.8, 4) is 28.5 Å². The highest BCUT2D eigenvalue weighted by Gasteiger charge is 2.28. The van der Waals surface area contributed by atoms with Crippen molar-refractivity contribution in [1.29, 1.82) is 0 Å². The lowest BCUT2D eigenvalue weighted by Gasteiger charge is -2.20. The number of hydrogen-bond acceptors (Lipinski definition) is 7. The number of aromatic nitrogens is 3. The highest BCUT2D eigenvalue weighted by molar-refractivity contribution is 5.84. The van der Waals surface area contributed by atoms with E-state index in [1.54, 1.807) is 14.2 Å². The molecule has 3 heterocycles. The fraction of sp³-hybridized carbons (Fsp3) is 0.258. The second-order valence-corrected chi connectivity index (χ2v) is 10.00. The van der Waals surface area contributed by atoms with E-state index in [-0.39, 0.29) is 6.04 Å². The van der Waals surface area contributed by atoms with Crippen molar-refractivity contribution < 1.29 is 19.0 Å². The van der Waals surface area contributed by atoms with E-state index in [2.05, 4.69) is 16.3 Å². The third-order valence-corrected chi connectivity index (χ3v) is 7.30. The van der Waals surface area contributed by atoms with Gasteiger partial charge >= 0.3 is 6.09 Å². The molecule has 1 aliphatic heterocycles. The summed E-state index contributed by atoms with van der Waals surface area (Å²) in [6.07, 6.45) is 0.341. The fourth-order valence-corrected chi connectivity index (χ4v) is 5.41.